The first kappa shape index (κ1) is 16.8. The molecule has 0 aliphatic heterocycles. The van der Waals surface area contributed by atoms with Crippen LogP contribution in [0, 0.1) is 6.92 Å². The van der Waals surface area contributed by atoms with Gasteiger partial charge in [0, 0.05) is 10.9 Å². The zero-order valence-electron chi connectivity index (χ0n) is 13.4. The molecule has 128 valence electrons. The van der Waals surface area contributed by atoms with Gasteiger partial charge in [0.1, 0.15) is 23.5 Å². The first-order chi connectivity index (χ1) is 12.0. The van der Waals surface area contributed by atoms with Gasteiger partial charge in [-0.2, -0.15) is 0 Å². The van der Waals surface area contributed by atoms with Gasteiger partial charge in [-0.25, -0.2) is 9.97 Å². The molecule has 0 bridgehead atoms. The molecule has 1 amide bonds. The van der Waals surface area contributed by atoms with E-state index in [2.05, 4.69) is 20.6 Å². The summed E-state index contributed by atoms with van der Waals surface area (Å²) in [6.07, 6.45) is 1.44. The number of aromatic nitrogens is 2. The minimum absolute atomic E-state index is 0.0669. The van der Waals surface area contributed by atoms with E-state index in [0.717, 1.165) is 21.3 Å². The fraction of sp³-hybridized carbons (Fsp3) is 0.176. The first-order valence-corrected chi connectivity index (χ1v) is 8.44. The van der Waals surface area contributed by atoms with Gasteiger partial charge in [0.25, 0.3) is 0 Å². The van der Waals surface area contributed by atoms with E-state index in [1.165, 1.54) is 23.2 Å². The lowest BCUT2D eigenvalue weighted by atomic mass is 10.0. The van der Waals surface area contributed by atoms with Crippen LogP contribution < -0.4 is 10.6 Å². The predicted molar refractivity (Wildman–Crippen MR) is 96.7 cm³/mol. The average Bonchev–Trinajstić information content (AvgIpc) is 3.03. The Morgan fingerprint density at radius 1 is 1.16 bits per heavy atom. The molecule has 0 radical (unpaired) electrons. The summed E-state index contributed by atoms with van der Waals surface area (Å²) >= 11 is 1.51. The van der Waals surface area contributed by atoms with Crippen LogP contribution >= 0.6 is 11.3 Å². The standard InChI is InChI=1S/C17H16N4O3S/c1-10-2-4-11(5-3-10)12-8-25-17-15(12)16(20-9-21-17)19-6-13(22)18-7-14(23)24/h2-5,8-9H,6-7H2,1H3,(H,18,22)(H,23,24)(H,19,20,21). The van der Waals surface area contributed by atoms with Gasteiger partial charge in [-0.15, -0.1) is 11.3 Å². The molecule has 0 aliphatic carbocycles. The number of anilines is 1. The van der Waals surface area contributed by atoms with E-state index in [0.29, 0.717) is 5.82 Å². The van der Waals surface area contributed by atoms with Crippen molar-refractivity contribution in [1.29, 1.82) is 0 Å². The Morgan fingerprint density at radius 2 is 1.92 bits per heavy atom. The zero-order valence-corrected chi connectivity index (χ0v) is 14.3. The molecule has 2 heterocycles. The molecule has 3 rings (SSSR count). The highest BCUT2D eigenvalue weighted by Gasteiger charge is 2.14. The molecule has 7 nitrogen and oxygen atoms in total. The van der Waals surface area contributed by atoms with Gasteiger partial charge in [-0.1, -0.05) is 29.8 Å². The molecule has 0 unspecified atom stereocenters. The highest BCUT2D eigenvalue weighted by Crippen LogP contribution is 2.36. The summed E-state index contributed by atoms with van der Waals surface area (Å²) in [5.74, 6) is -0.953. The molecule has 0 saturated carbocycles. The summed E-state index contributed by atoms with van der Waals surface area (Å²) in [4.78, 5) is 31.5. The molecule has 0 aliphatic rings. The van der Waals surface area contributed by atoms with Crippen molar-refractivity contribution in [1.82, 2.24) is 15.3 Å². The molecule has 3 N–H and O–H groups in total. The zero-order chi connectivity index (χ0) is 17.8. The van der Waals surface area contributed by atoms with Crippen LogP contribution in [-0.4, -0.2) is 40.0 Å². The summed E-state index contributed by atoms with van der Waals surface area (Å²) in [5.41, 5.74) is 3.21. The molecular formula is C17H16N4O3S. The number of carboxylic acid groups (broad SMARTS) is 1. The van der Waals surface area contributed by atoms with Crippen LogP contribution in [0.5, 0.6) is 0 Å². The minimum Gasteiger partial charge on any atom is -0.480 e. The molecule has 0 spiro atoms. The maximum atomic E-state index is 11.7. The smallest absolute Gasteiger partial charge is 0.322 e. The van der Waals surface area contributed by atoms with Crippen molar-refractivity contribution in [2.75, 3.05) is 18.4 Å². The first-order valence-electron chi connectivity index (χ1n) is 7.56. The van der Waals surface area contributed by atoms with E-state index in [-0.39, 0.29) is 6.54 Å². The number of hydrogen-bond acceptors (Lipinski definition) is 6. The summed E-state index contributed by atoms with van der Waals surface area (Å²) in [6, 6.07) is 8.14. The third kappa shape index (κ3) is 3.92. The number of fused-ring (bicyclic) bond motifs is 1. The molecule has 0 atom stereocenters. The number of carbonyl (C=O) groups excluding carboxylic acids is 1. The van der Waals surface area contributed by atoms with E-state index in [1.807, 2.05) is 36.6 Å². The quantitative estimate of drug-likeness (QED) is 0.626. The fourth-order valence-corrected chi connectivity index (χ4v) is 3.27. The van der Waals surface area contributed by atoms with Crippen LogP contribution in [0.25, 0.3) is 21.3 Å². The third-order valence-electron chi connectivity index (χ3n) is 3.59. The van der Waals surface area contributed by atoms with Gasteiger partial charge < -0.3 is 15.7 Å². The molecule has 8 heteroatoms. The fourth-order valence-electron chi connectivity index (χ4n) is 2.36. The number of thiophene rings is 1. The molecule has 25 heavy (non-hydrogen) atoms. The number of hydrogen-bond donors (Lipinski definition) is 3. The van der Waals surface area contributed by atoms with Crippen molar-refractivity contribution in [3.05, 3.63) is 41.5 Å². The summed E-state index contributed by atoms with van der Waals surface area (Å²) < 4.78 is 0. The third-order valence-corrected chi connectivity index (χ3v) is 4.47. The van der Waals surface area contributed by atoms with Crippen LogP contribution in [-0.2, 0) is 9.59 Å². The Balaban J connectivity index is 1.86. The number of aliphatic carboxylic acids is 1. The lowest BCUT2D eigenvalue weighted by Gasteiger charge is -2.08. The second kappa shape index (κ2) is 7.27. The normalized spacial score (nSPS) is 10.6. The van der Waals surface area contributed by atoms with Gasteiger partial charge in [-0.05, 0) is 12.5 Å². The van der Waals surface area contributed by atoms with E-state index >= 15 is 0 Å². The Morgan fingerprint density at radius 3 is 2.64 bits per heavy atom. The van der Waals surface area contributed by atoms with Crippen molar-refractivity contribution < 1.29 is 14.7 Å². The highest BCUT2D eigenvalue weighted by molar-refractivity contribution is 7.17. The molecule has 0 saturated heterocycles. The number of amides is 1. The SMILES string of the molecule is Cc1ccc(-c2csc3ncnc(NCC(=O)NCC(=O)O)c23)cc1. The summed E-state index contributed by atoms with van der Waals surface area (Å²) in [5, 5.41) is 16.7. The summed E-state index contributed by atoms with van der Waals surface area (Å²) in [6.45, 7) is 1.55. The number of nitrogens with one attached hydrogen (secondary N) is 2. The van der Waals surface area contributed by atoms with Crippen molar-refractivity contribution in [2.24, 2.45) is 0 Å². The van der Waals surface area contributed by atoms with Crippen LogP contribution in [0.4, 0.5) is 5.82 Å². The Bertz CT molecular complexity index is 921. The van der Waals surface area contributed by atoms with Gasteiger partial charge in [0.15, 0.2) is 0 Å². The van der Waals surface area contributed by atoms with Gasteiger partial charge in [0.05, 0.1) is 11.9 Å². The van der Waals surface area contributed by atoms with Crippen LogP contribution in [0.15, 0.2) is 36.0 Å². The second-order valence-corrected chi connectivity index (χ2v) is 6.30. The number of aryl methyl sites for hydroxylation is 1. The van der Waals surface area contributed by atoms with Crippen molar-refractivity contribution in [2.45, 2.75) is 6.92 Å². The van der Waals surface area contributed by atoms with E-state index < -0.39 is 18.4 Å². The maximum Gasteiger partial charge on any atom is 0.322 e. The van der Waals surface area contributed by atoms with E-state index in [1.54, 1.807) is 0 Å². The lowest BCUT2D eigenvalue weighted by molar-refractivity contribution is -0.137. The van der Waals surface area contributed by atoms with Crippen LogP contribution in [0.3, 0.4) is 0 Å². The Hall–Kier alpha value is -3.00. The largest absolute Gasteiger partial charge is 0.480 e. The van der Waals surface area contributed by atoms with Crippen LogP contribution in [0.1, 0.15) is 5.56 Å². The highest BCUT2D eigenvalue weighted by atomic mass is 32.1. The molecule has 2 aromatic heterocycles. The topological polar surface area (TPSA) is 104 Å². The number of benzene rings is 1. The summed E-state index contributed by atoms with van der Waals surface area (Å²) in [7, 11) is 0. The second-order valence-electron chi connectivity index (χ2n) is 5.44. The molecule has 0 fully saturated rings. The van der Waals surface area contributed by atoms with Crippen molar-refractivity contribution >= 4 is 39.2 Å². The van der Waals surface area contributed by atoms with Crippen molar-refractivity contribution in [3.8, 4) is 11.1 Å². The monoisotopic (exact) mass is 356 g/mol. The van der Waals surface area contributed by atoms with Gasteiger partial charge in [0.2, 0.25) is 5.91 Å². The lowest BCUT2D eigenvalue weighted by Crippen LogP contribution is -2.34. The number of nitrogens with zero attached hydrogens (tertiary/aromatic N) is 2. The minimum atomic E-state index is -1.09. The van der Waals surface area contributed by atoms with Gasteiger partial charge in [-0.3, -0.25) is 9.59 Å². The van der Waals surface area contributed by atoms with E-state index in [4.69, 9.17) is 5.11 Å². The number of rotatable bonds is 6. The number of carboxylic acids is 1. The number of carbonyl (C=O) groups is 2. The van der Waals surface area contributed by atoms with Crippen LogP contribution in [0.2, 0.25) is 0 Å². The average molecular weight is 356 g/mol. The Kier molecular flexibility index (Phi) is 4.90. The Labute approximate surface area is 147 Å². The van der Waals surface area contributed by atoms with Crippen molar-refractivity contribution in [3.63, 3.8) is 0 Å². The van der Waals surface area contributed by atoms with Gasteiger partial charge >= 0.3 is 5.97 Å². The van der Waals surface area contributed by atoms with E-state index in [9.17, 15) is 9.59 Å². The molecule has 1 aromatic carbocycles. The molecular weight excluding hydrogens is 340 g/mol. The maximum absolute atomic E-state index is 11.7. The molecule has 3 aromatic rings. The predicted octanol–water partition coefficient (Wildman–Crippen LogP) is 2.28.